The fourth-order valence-electron chi connectivity index (χ4n) is 1.78. The van der Waals surface area contributed by atoms with E-state index in [-0.39, 0.29) is 5.75 Å². The van der Waals surface area contributed by atoms with Gasteiger partial charge >= 0.3 is 6.36 Å². The Morgan fingerprint density at radius 3 is 2.67 bits per heavy atom. The number of hydrogen-bond donors (Lipinski definition) is 1. The highest BCUT2D eigenvalue weighted by molar-refractivity contribution is 6.03. The van der Waals surface area contributed by atoms with Gasteiger partial charge in [-0.15, -0.1) is 13.2 Å². The number of nitrogens with zero attached hydrogens (tertiary/aromatic N) is 2. The van der Waals surface area contributed by atoms with Gasteiger partial charge in [0.1, 0.15) is 11.3 Å². The van der Waals surface area contributed by atoms with Crippen LogP contribution in [0.5, 0.6) is 5.75 Å². The molecule has 7 heteroatoms. The smallest absolute Gasteiger partial charge is 0.406 e. The Kier molecular flexibility index (Phi) is 2.16. The van der Waals surface area contributed by atoms with Gasteiger partial charge < -0.3 is 9.72 Å². The van der Waals surface area contributed by atoms with E-state index in [9.17, 15) is 13.2 Å². The lowest BCUT2D eigenvalue weighted by Crippen LogP contribution is -2.16. The van der Waals surface area contributed by atoms with Gasteiger partial charge in [0, 0.05) is 23.8 Å². The van der Waals surface area contributed by atoms with E-state index >= 15 is 0 Å². The summed E-state index contributed by atoms with van der Waals surface area (Å²) >= 11 is 0. The van der Waals surface area contributed by atoms with Gasteiger partial charge in [-0.05, 0) is 12.1 Å². The van der Waals surface area contributed by atoms with E-state index in [1.165, 1.54) is 30.6 Å². The molecule has 1 aromatic carbocycles. The van der Waals surface area contributed by atoms with Crippen LogP contribution in [-0.4, -0.2) is 21.3 Å². The quantitative estimate of drug-likeness (QED) is 0.725. The van der Waals surface area contributed by atoms with Crippen molar-refractivity contribution in [3.63, 3.8) is 0 Å². The van der Waals surface area contributed by atoms with E-state index in [2.05, 4.69) is 19.7 Å². The second kappa shape index (κ2) is 3.59. The third-order valence-electron chi connectivity index (χ3n) is 2.43. The van der Waals surface area contributed by atoms with Gasteiger partial charge in [0.15, 0.2) is 5.65 Å². The zero-order valence-corrected chi connectivity index (χ0v) is 8.82. The summed E-state index contributed by atoms with van der Waals surface area (Å²) in [6.07, 6.45) is -1.67. The van der Waals surface area contributed by atoms with Crippen LogP contribution in [0.4, 0.5) is 13.2 Å². The summed E-state index contributed by atoms with van der Waals surface area (Å²) < 4.78 is 40.1. The van der Waals surface area contributed by atoms with E-state index < -0.39 is 6.36 Å². The Labute approximate surface area is 98.4 Å². The van der Waals surface area contributed by atoms with Gasteiger partial charge in [-0.2, -0.15) is 0 Å². The van der Waals surface area contributed by atoms with Crippen LogP contribution >= 0.6 is 0 Å². The molecule has 0 spiro atoms. The van der Waals surface area contributed by atoms with E-state index in [0.717, 1.165) is 0 Å². The second-order valence-electron chi connectivity index (χ2n) is 3.63. The molecule has 0 saturated carbocycles. The molecule has 3 aromatic rings. The summed E-state index contributed by atoms with van der Waals surface area (Å²) in [5, 5.41) is 0.702. The fourth-order valence-corrected chi connectivity index (χ4v) is 1.78. The molecule has 2 aromatic heterocycles. The van der Waals surface area contributed by atoms with E-state index in [0.29, 0.717) is 22.1 Å². The number of rotatable bonds is 1. The minimum Gasteiger partial charge on any atom is -0.406 e. The molecule has 0 amide bonds. The Hall–Kier alpha value is -2.31. The summed E-state index contributed by atoms with van der Waals surface area (Å²) in [7, 11) is 0. The SMILES string of the molecule is FC(F)(F)Oc1ccc2c(c1)[nH]c1nccnc12. The van der Waals surface area contributed by atoms with Crippen LogP contribution in [0.2, 0.25) is 0 Å². The molecule has 0 aliphatic carbocycles. The lowest BCUT2D eigenvalue weighted by atomic mass is 10.2. The summed E-state index contributed by atoms with van der Waals surface area (Å²) in [5.41, 5.74) is 1.64. The first-order valence-corrected chi connectivity index (χ1v) is 5.01. The van der Waals surface area contributed by atoms with E-state index in [1.807, 2.05) is 0 Å². The zero-order valence-electron chi connectivity index (χ0n) is 8.82. The molecule has 0 unspecified atom stereocenters. The number of aromatic nitrogens is 3. The minimum atomic E-state index is -4.70. The Balaban J connectivity index is 2.15. The van der Waals surface area contributed by atoms with Crippen LogP contribution in [0.15, 0.2) is 30.6 Å². The fraction of sp³-hybridized carbons (Fsp3) is 0.0909. The van der Waals surface area contributed by atoms with Crippen LogP contribution in [0.1, 0.15) is 0 Å². The Morgan fingerprint density at radius 2 is 1.89 bits per heavy atom. The van der Waals surface area contributed by atoms with Gasteiger partial charge in [0.25, 0.3) is 0 Å². The van der Waals surface area contributed by atoms with Gasteiger partial charge in [-0.3, -0.25) is 4.98 Å². The Bertz CT molecular complexity index is 720. The van der Waals surface area contributed by atoms with Crippen molar-refractivity contribution in [1.82, 2.24) is 15.0 Å². The number of fused-ring (bicyclic) bond motifs is 3. The van der Waals surface area contributed by atoms with Crippen LogP contribution < -0.4 is 4.74 Å². The van der Waals surface area contributed by atoms with Crippen molar-refractivity contribution in [3.8, 4) is 5.75 Å². The number of H-pyrrole nitrogens is 1. The van der Waals surface area contributed by atoms with Crippen molar-refractivity contribution in [2.75, 3.05) is 0 Å². The van der Waals surface area contributed by atoms with Gasteiger partial charge in [-0.1, -0.05) is 0 Å². The number of aromatic amines is 1. The number of hydrogen-bond acceptors (Lipinski definition) is 3. The largest absolute Gasteiger partial charge is 0.573 e. The first kappa shape index (κ1) is 10.8. The van der Waals surface area contributed by atoms with Gasteiger partial charge in [0.2, 0.25) is 0 Å². The molecule has 4 nitrogen and oxygen atoms in total. The van der Waals surface area contributed by atoms with Crippen LogP contribution in [0.25, 0.3) is 22.1 Å². The highest BCUT2D eigenvalue weighted by atomic mass is 19.4. The van der Waals surface area contributed by atoms with Crippen molar-refractivity contribution in [1.29, 1.82) is 0 Å². The Morgan fingerprint density at radius 1 is 1.11 bits per heavy atom. The van der Waals surface area contributed by atoms with Crippen LogP contribution in [0, 0.1) is 0 Å². The zero-order chi connectivity index (χ0) is 12.8. The molecule has 18 heavy (non-hydrogen) atoms. The molecule has 2 heterocycles. The van der Waals surface area contributed by atoms with Gasteiger partial charge in [0.05, 0.1) is 5.52 Å². The topological polar surface area (TPSA) is 50.8 Å². The molecule has 92 valence electrons. The van der Waals surface area contributed by atoms with Crippen molar-refractivity contribution < 1.29 is 17.9 Å². The highest BCUT2D eigenvalue weighted by Gasteiger charge is 2.31. The molecular formula is C11H6F3N3O. The molecule has 0 saturated heterocycles. The number of alkyl halides is 3. The third-order valence-corrected chi connectivity index (χ3v) is 2.43. The maximum Gasteiger partial charge on any atom is 0.573 e. The molecule has 0 fully saturated rings. The van der Waals surface area contributed by atoms with Crippen molar-refractivity contribution in [3.05, 3.63) is 30.6 Å². The number of halogens is 3. The molecule has 0 bridgehead atoms. The molecule has 0 radical (unpaired) electrons. The minimum absolute atomic E-state index is 0.276. The molecule has 0 aliphatic heterocycles. The maximum atomic E-state index is 12.1. The predicted molar refractivity (Wildman–Crippen MR) is 58.1 cm³/mol. The van der Waals surface area contributed by atoms with Gasteiger partial charge in [-0.25, -0.2) is 4.98 Å². The molecule has 3 rings (SSSR count). The number of benzene rings is 1. The first-order chi connectivity index (χ1) is 8.53. The lowest BCUT2D eigenvalue weighted by molar-refractivity contribution is -0.274. The molecular weight excluding hydrogens is 247 g/mol. The average Bonchev–Trinajstić information content (AvgIpc) is 2.64. The van der Waals surface area contributed by atoms with E-state index in [4.69, 9.17) is 0 Å². The monoisotopic (exact) mass is 253 g/mol. The van der Waals surface area contributed by atoms with E-state index in [1.54, 1.807) is 0 Å². The van der Waals surface area contributed by atoms with Crippen molar-refractivity contribution in [2.24, 2.45) is 0 Å². The molecule has 0 atom stereocenters. The van der Waals surface area contributed by atoms with Crippen molar-refractivity contribution in [2.45, 2.75) is 6.36 Å². The maximum absolute atomic E-state index is 12.1. The van der Waals surface area contributed by atoms with Crippen LogP contribution in [-0.2, 0) is 0 Å². The third kappa shape index (κ3) is 1.83. The summed E-state index contributed by atoms with van der Waals surface area (Å²) in [6, 6.07) is 4.04. The summed E-state index contributed by atoms with van der Waals surface area (Å²) in [6.45, 7) is 0. The lowest BCUT2D eigenvalue weighted by Gasteiger charge is -2.08. The van der Waals surface area contributed by atoms with Crippen molar-refractivity contribution >= 4 is 22.1 Å². The molecule has 1 N–H and O–H groups in total. The van der Waals surface area contributed by atoms with Crippen LogP contribution in [0.3, 0.4) is 0 Å². The highest BCUT2D eigenvalue weighted by Crippen LogP contribution is 2.28. The number of nitrogens with one attached hydrogen (secondary N) is 1. The average molecular weight is 253 g/mol. The number of ether oxygens (including phenoxy) is 1. The molecule has 0 aliphatic rings. The summed E-state index contributed by atoms with van der Waals surface area (Å²) in [4.78, 5) is 11.0. The standard InChI is InChI=1S/C11H6F3N3O/c12-11(13,14)18-6-1-2-7-8(5-6)17-10-9(7)15-3-4-16-10/h1-5H,(H,16,17). The summed E-state index contributed by atoms with van der Waals surface area (Å²) in [5.74, 6) is -0.276. The predicted octanol–water partition coefficient (Wildman–Crippen LogP) is 3.01. The first-order valence-electron chi connectivity index (χ1n) is 5.01. The second-order valence-corrected chi connectivity index (χ2v) is 3.63. The normalized spacial score (nSPS) is 12.2.